The van der Waals surface area contributed by atoms with Crippen molar-refractivity contribution in [3.63, 3.8) is 0 Å². The molecule has 3 fully saturated rings. The van der Waals surface area contributed by atoms with E-state index in [0.717, 1.165) is 76.6 Å². The van der Waals surface area contributed by atoms with Crippen molar-refractivity contribution in [2.45, 2.75) is 44.7 Å². The van der Waals surface area contributed by atoms with Crippen LogP contribution in [0, 0.1) is 11.7 Å². The molecule has 0 unspecified atom stereocenters. The summed E-state index contributed by atoms with van der Waals surface area (Å²) in [5, 5.41) is 3.28. The molecule has 154 valence electrons. The molecule has 1 aromatic rings. The van der Waals surface area contributed by atoms with E-state index in [2.05, 4.69) is 15.1 Å². The molecule has 3 aliphatic rings. The van der Waals surface area contributed by atoms with E-state index in [1.165, 1.54) is 31.5 Å². The van der Waals surface area contributed by atoms with Crippen LogP contribution in [0.2, 0.25) is 0 Å². The van der Waals surface area contributed by atoms with Crippen molar-refractivity contribution in [1.82, 2.24) is 20.0 Å². The van der Waals surface area contributed by atoms with Gasteiger partial charge in [0.1, 0.15) is 5.82 Å². The quantitative estimate of drug-likeness (QED) is 0.843. The second kappa shape index (κ2) is 9.23. The molecule has 2 amide bonds. The SMILES string of the molecule is O=C(NC1CCN(CC2CC2)CC1)N1CCCN(Cc2ccc(F)cc2)CC1. The topological polar surface area (TPSA) is 38.8 Å². The van der Waals surface area contributed by atoms with Crippen LogP contribution in [0.3, 0.4) is 0 Å². The largest absolute Gasteiger partial charge is 0.335 e. The van der Waals surface area contributed by atoms with Crippen LogP contribution in [0.5, 0.6) is 0 Å². The average molecular weight is 389 g/mol. The molecule has 1 aliphatic carbocycles. The Morgan fingerprint density at radius 2 is 1.68 bits per heavy atom. The highest BCUT2D eigenvalue weighted by molar-refractivity contribution is 5.74. The van der Waals surface area contributed by atoms with E-state index in [9.17, 15) is 9.18 Å². The van der Waals surface area contributed by atoms with Crippen LogP contribution in [0.25, 0.3) is 0 Å². The summed E-state index contributed by atoms with van der Waals surface area (Å²) in [4.78, 5) is 19.6. The van der Waals surface area contributed by atoms with Gasteiger partial charge in [-0.05, 0) is 55.7 Å². The Morgan fingerprint density at radius 3 is 2.39 bits per heavy atom. The highest BCUT2D eigenvalue weighted by Crippen LogP contribution is 2.30. The number of hydrogen-bond acceptors (Lipinski definition) is 3. The number of nitrogens with zero attached hydrogens (tertiary/aromatic N) is 3. The van der Waals surface area contributed by atoms with Gasteiger partial charge in [0.15, 0.2) is 0 Å². The molecule has 28 heavy (non-hydrogen) atoms. The van der Waals surface area contributed by atoms with Gasteiger partial charge in [-0.15, -0.1) is 0 Å². The number of carbonyl (C=O) groups is 1. The summed E-state index contributed by atoms with van der Waals surface area (Å²) in [6.07, 6.45) is 5.94. The molecule has 0 radical (unpaired) electrons. The zero-order valence-electron chi connectivity index (χ0n) is 16.8. The summed E-state index contributed by atoms with van der Waals surface area (Å²) in [7, 11) is 0. The molecule has 0 bridgehead atoms. The van der Waals surface area contributed by atoms with Gasteiger partial charge in [-0.1, -0.05) is 12.1 Å². The van der Waals surface area contributed by atoms with Crippen molar-refractivity contribution in [3.05, 3.63) is 35.6 Å². The van der Waals surface area contributed by atoms with E-state index < -0.39 is 0 Å². The van der Waals surface area contributed by atoms with Crippen LogP contribution < -0.4 is 5.32 Å². The number of benzene rings is 1. The third-order valence-electron chi connectivity index (χ3n) is 6.32. The van der Waals surface area contributed by atoms with Crippen molar-refractivity contribution in [1.29, 1.82) is 0 Å². The molecule has 6 heteroatoms. The van der Waals surface area contributed by atoms with E-state index >= 15 is 0 Å². The summed E-state index contributed by atoms with van der Waals surface area (Å²) < 4.78 is 13.1. The molecule has 1 saturated carbocycles. The second-order valence-corrected chi connectivity index (χ2v) is 8.71. The number of amides is 2. The van der Waals surface area contributed by atoms with Crippen molar-refractivity contribution < 1.29 is 9.18 Å². The van der Waals surface area contributed by atoms with Crippen LogP contribution in [-0.4, -0.2) is 72.6 Å². The Hall–Kier alpha value is -1.66. The smallest absolute Gasteiger partial charge is 0.317 e. The summed E-state index contributed by atoms with van der Waals surface area (Å²) in [6.45, 7) is 7.72. The van der Waals surface area contributed by atoms with E-state index in [-0.39, 0.29) is 11.8 Å². The minimum absolute atomic E-state index is 0.101. The first kappa shape index (κ1) is 19.6. The minimum atomic E-state index is -0.194. The Labute approximate surface area is 167 Å². The lowest BCUT2D eigenvalue weighted by molar-refractivity contribution is 0.169. The summed E-state index contributed by atoms with van der Waals surface area (Å²) >= 11 is 0. The Bertz CT molecular complexity index is 640. The monoisotopic (exact) mass is 388 g/mol. The van der Waals surface area contributed by atoms with Crippen molar-refractivity contribution in [2.75, 3.05) is 45.8 Å². The first-order chi connectivity index (χ1) is 13.7. The first-order valence-electron chi connectivity index (χ1n) is 10.9. The number of rotatable bonds is 5. The number of nitrogens with one attached hydrogen (secondary N) is 1. The second-order valence-electron chi connectivity index (χ2n) is 8.71. The zero-order chi connectivity index (χ0) is 19.3. The van der Waals surface area contributed by atoms with E-state index in [1.807, 2.05) is 17.0 Å². The zero-order valence-corrected chi connectivity index (χ0v) is 16.8. The molecular weight excluding hydrogens is 355 g/mol. The van der Waals surface area contributed by atoms with E-state index in [0.29, 0.717) is 6.04 Å². The predicted molar refractivity (Wildman–Crippen MR) is 109 cm³/mol. The van der Waals surface area contributed by atoms with Gasteiger partial charge in [-0.3, -0.25) is 4.90 Å². The molecule has 0 atom stereocenters. The number of hydrogen-bond donors (Lipinski definition) is 1. The van der Waals surface area contributed by atoms with Gasteiger partial charge >= 0.3 is 6.03 Å². The molecule has 2 heterocycles. The average Bonchev–Trinajstić information content (AvgIpc) is 3.53. The molecular formula is C22H33FN4O. The third-order valence-corrected chi connectivity index (χ3v) is 6.32. The van der Waals surface area contributed by atoms with Crippen LogP contribution in [0.1, 0.15) is 37.7 Å². The van der Waals surface area contributed by atoms with Gasteiger partial charge in [0.25, 0.3) is 0 Å². The molecule has 2 saturated heterocycles. The maximum Gasteiger partial charge on any atom is 0.317 e. The molecule has 0 spiro atoms. The fraction of sp³-hybridized carbons (Fsp3) is 0.682. The van der Waals surface area contributed by atoms with Gasteiger partial charge in [0, 0.05) is 58.4 Å². The predicted octanol–water partition coefficient (Wildman–Crippen LogP) is 2.92. The summed E-state index contributed by atoms with van der Waals surface area (Å²) in [6, 6.07) is 7.15. The van der Waals surface area contributed by atoms with Gasteiger partial charge in [-0.25, -0.2) is 9.18 Å². The van der Waals surface area contributed by atoms with Crippen LogP contribution in [-0.2, 0) is 6.54 Å². The lowest BCUT2D eigenvalue weighted by atomic mass is 10.0. The minimum Gasteiger partial charge on any atom is -0.335 e. The van der Waals surface area contributed by atoms with E-state index in [4.69, 9.17) is 0 Å². The first-order valence-corrected chi connectivity index (χ1v) is 10.9. The maximum atomic E-state index is 13.1. The van der Waals surface area contributed by atoms with Crippen LogP contribution in [0.15, 0.2) is 24.3 Å². The van der Waals surface area contributed by atoms with Gasteiger partial charge in [0.05, 0.1) is 0 Å². The van der Waals surface area contributed by atoms with Crippen LogP contribution >= 0.6 is 0 Å². The number of urea groups is 1. The third kappa shape index (κ3) is 5.67. The molecule has 4 rings (SSSR count). The molecule has 1 N–H and O–H groups in total. The van der Waals surface area contributed by atoms with E-state index in [1.54, 1.807) is 0 Å². The fourth-order valence-electron chi connectivity index (χ4n) is 4.37. The van der Waals surface area contributed by atoms with Gasteiger partial charge in [-0.2, -0.15) is 0 Å². The van der Waals surface area contributed by atoms with Crippen molar-refractivity contribution in [2.24, 2.45) is 5.92 Å². The summed E-state index contributed by atoms with van der Waals surface area (Å²) in [5.74, 6) is 0.752. The maximum absolute atomic E-state index is 13.1. The molecule has 0 aromatic heterocycles. The number of halogens is 1. The Balaban J connectivity index is 1.19. The molecule has 2 aliphatic heterocycles. The van der Waals surface area contributed by atoms with Gasteiger partial charge < -0.3 is 15.1 Å². The standard InChI is InChI=1S/C22H33FN4O/c23-20-6-4-19(5-7-20)16-25-10-1-11-27(15-14-25)22(28)24-21-8-12-26(13-9-21)17-18-2-3-18/h4-7,18,21H,1-3,8-17H2,(H,24,28). The number of likely N-dealkylation sites (tertiary alicyclic amines) is 1. The van der Waals surface area contributed by atoms with Crippen LogP contribution in [0.4, 0.5) is 9.18 Å². The Kier molecular flexibility index (Phi) is 6.47. The fourth-order valence-corrected chi connectivity index (χ4v) is 4.37. The summed E-state index contributed by atoms with van der Waals surface area (Å²) in [5.41, 5.74) is 1.12. The van der Waals surface area contributed by atoms with Crippen molar-refractivity contribution in [3.8, 4) is 0 Å². The number of carbonyl (C=O) groups excluding carboxylic acids is 1. The lowest BCUT2D eigenvalue weighted by Crippen LogP contribution is -2.50. The molecule has 1 aromatic carbocycles. The molecule has 5 nitrogen and oxygen atoms in total. The highest BCUT2D eigenvalue weighted by Gasteiger charge is 2.28. The normalized spacial score (nSPS) is 22.8. The highest BCUT2D eigenvalue weighted by atomic mass is 19.1. The Morgan fingerprint density at radius 1 is 0.929 bits per heavy atom. The van der Waals surface area contributed by atoms with Gasteiger partial charge in [0.2, 0.25) is 0 Å². The lowest BCUT2D eigenvalue weighted by Gasteiger charge is -2.33. The van der Waals surface area contributed by atoms with Crippen molar-refractivity contribution >= 4 is 6.03 Å². The number of piperidine rings is 1.